The van der Waals surface area contributed by atoms with Crippen molar-refractivity contribution in [3.8, 4) is 0 Å². The van der Waals surface area contributed by atoms with Crippen LogP contribution in [0.15, 0.2) is 182 Å². The Bertz CT molecular complexity index is 1920. The zero-order chi connectivity index (χ0) is 59.2. The van der Waals surface area contributed by atoms with Crippen LogP contribution in [0.25, 0.3) is 0 Å². The number of allylic oxidation sites excluding steroid dienone is 30. The molecular formula is C76H118O6. The highest BCUT2D eigenvalue weighted by molar-refractivity contribution is 5.71. The minimum Gasteiger partial charge on any atom is -0.462 e. The van der Waals surface area contributed by atoms with Crippen molar-refractivity contribution in [1.82, 2.24) is 0 Å². The fraction of sp³-hybridized carbons (Fsp3) is 0.566. The molecule has 6 heteroatoms. The van der Waals surface area contributed by atoms with Crippen LogP contribution in [0.2, 0.25) is 0 Å². The summed E-state index contributed by atoms with van der Waals surface area (Å²) in [6.07, 6.45) is 102. The van der Waals surface area contributed by atoms with Gasteiger partial charge in [-0.1, -0.05) is 280 Å². The third kappa shape index (κ3) is 65.3. The summed E-state index contributed by atoms with van der Waals surface area (Å²) in [5.41, 5.74) is 0. The van der Waals surface area contributed by atoms with E-state index in [4.69, 9.17) is 14.2 Å². The molecule has 0 rings (SSSR count). The molecule has 0 spiro atoms. The molecule has 0 aliphatic heterocycles. The van der Waals surface area contributed by atoms with Crippen LogP contribution in [0.4, 0.5) is 0 Å². The molecule has 0 aliphatic rings. The maximum atomic E-state index is 12.8. The molecule has 0 aromatic carbocycles. The van der Waals surface area contributed by atoms with Gasteiger partial charge in [0.05, 0.1) is 0 Å². The summed E-state index contributed by atoms with van der Waals surface area (Å²) in [5, 5.41) is 0. The van der Waals surface area contributed by atoms with Crippen molar-refractivity contribution in [2.45, 2.75) is 264 Å². The van der Waals surface area contributed by atoms with Gasteiger partial charge in [-0.25, -0.2) is 0 Å². The molecule has 0 aromatic heterocycles. The highest BCUT2D eigenvalue weighted by atomic mass is 16.6. The average molecular weight is 1130 g/mol. The SMILES string of the molecule is CC/C=C\C/C=C\C/C=C\C/C=C\C/C=C\C/C=C\C/C=C\C/C=C\CCCCCCCCCCC(=O)OCC(COC(=O)CCCCCCCC)OC(=O)CCCCC/C=C\C/C=C\C/C=C\C/C=C\C/C=C\C/C=C\C/C=C\CC. The maximum Gasteiger partial charge on any atom is 0.306 e. The Balaban J connectivity index is 4.21. The van der Waals surface area contributed by atoms with E-state index in [1.165, 1.54) is 51.4 Å². The maximum absolute atomic E-state index is 12.8. The van der Waals surface area contributed by atoms with Gasteiger partial charge < -0.3 is 14.2 Å². The van der Waals surface area contributed by atoms with Gasteiger partial charge in [0.25, 0.3) is 0 Å². The second kappa shape index (κ2) is 68.0. The van der Waals surface area contributed by atoms with Gasteiger partial charge in [-0.05, 0) is 141 Å². The van der Waals surface area contributed by atoms with E-state index >= 15 is 0 Å². The first-order chi connectivity index (χ1) is 40.5. The monoisotopic (exact) mass is 1130 g/mol. The Morgan fingerprint density at radius 3 is 0.756 bits per heavy atom. The van der Waals surface area contributed by atoms with E-state index < -0.39 is 6.10 Å². The Hall–Kier alpha value is -5.49. The number of esters is 3. The molecule has 0 amide bonds. The lowest BCUT2D eigenvalue weighted by atomic mass is 10.1. The van der Waals surface area contributed by atoms with Gasteiger partial charge in [0, 0.05) is 19.3 Å². The Kier molecular flexibility index (Phi) is 63.5. The van der Waals surface area contributed by atoms with Gasteiger partial charge >= 0.3 is 17.9 Å². The van der Waals surface area contributed by atoms with E-state index in [1.54, 1.807) is 0 Å². The Morgan fingerprint density at radius 1 is 0.256 bits per heavy atom. The lowest BCUT2D eigenvalue weighted by molar-refractivity contribution is -0.167. The standard InChI is InChI=1S/C76H118O6/c1-4-7-10-13-16-18-20-22-24-26-28-30-32-34-35-36-37-38-39-40-41-43-44-46-48-50-52-54-56-58-60-63-66-69-75(78)81-72-73(71-80-74(77)68-65-62-15-12-9-6-3)82-76(79)70-67-64-61-59-57-55-53-51-49-47-45-42-33-31-29-27-25-23-21-19-17-14-11-8-5-2/h7-8,10-11,16-19,22-25,28-31,34-35,37-38,40-42,44-46,49,51,55,57,73H,4-6,9,12-15,20-21,26-27,32-33,36,39,43,47-48,50,52-54,56,58-72H2,1-3H3/b10-7-,11-8-,18-16-,19-17-,24-22-,25-23-,30-28-,31-29-,35-34-,38-37-,41-40-,45-42-,46-44-,51-49-,57-55-. The highest BCUT2D eigenvalue weighted by Crippen LogP contribution is 2.14. The van der Waals surface area contributed by atoms with Gasteiger partial charge in [-0.15, -0.1) is 0 Å². The molecule has 1 unspecified atom stereocenters. The fourth-order valence-electron chi connectivity index (χ4n) is 8.32. The first-order valence-corrected chi connectivity index (χ1v) is 32.8. The van der Waals surface area contributed by atoms with E-state index in [0.29, 0.717) is 19.3 Å². The van der Waals surface area contributed by atoms with Crippen LogP contribution in [0.1, 0.15) is 258 Å². The summed E-state index contributed by atoms with van der Waals surface area (Å²) < 4.78 is 16.8. The zero-order valence-corrected chi connectivity index (χ0v) is 52.4. The molecule has 0 heterocycles. The number of rotatable bonds is 57. The van der Waals surface area contributed by atoms with Crippen molar-refractivity contribution < 1.29 is 28.6 Å². The fourth-order valence-corrected chi connectivity index (χ4v) is 8.32. The molecular weight excluding hydrogens is 1010 g/mol. The molecule has 0 bridgehead atoms. The van der Waals surface area contributed by atoms with Gasteiger partial charge in [-0.2, -0.15) is 0 Å². The van der Waals surface area contributed by atoms with Crippen LogP contribution in [0, 0.1) is 0 Å². The first kappa shape index (κ1) is 76.5. The van der Waals surface area contributed by atoms with Crippen molar-refractivity contribution in [2.75, 3.05) is 13.2 Å². The largest absolute Gasteiger partial charge is 0.462 e. The second-order valence-corrected chi connectivity index (χ2v) is 20.9. The molecule has 0 N–H and O–H groups in total. The van der Waals surface area contributed by atoms with Crippen LogP contribution >= 0.6 is 0 Å². The molecule has 0 saturated heterocycles. The van der Waals surface area contributed by atoms with Crippen LogP contribution in [-0.4, -0.2) is 37.2 Å². The van der Waals surface area contributed by atoms with Crippen LogP contribution in [0.3, 0.4) is 0 Å². The third-order valence-corrected chi connectivity index (χ3v) is 13.2. The predicted molar refractivity (Wildman–Crippen MR) is 357 cm³/mol. The molecule has 0 saturated carbocycles. The Labute approximate surface area is 504 Å². The van der Waals surface area contributed by atoms with Crippen molar-refractivity contribution in [3.63, 3.8) is 0 Å². The minimum atomic E-state index is -0.807. The van der Waals surface area contributed by atoms with E-state index in [2.05, 4.69) is 203 Å². The summed E-state index contributed by atoms with van der Waals surface area (Å²) in [7, 11) is 0. The Morgan fingerprint density at radius 2 is 0.476 bits per heavy atom. The van der Waals surface area contributed by atoms with Gasteiger partial charge in [0.1, 0.15) is 13.2 Å². The van der Waals surface area contributed by atoms with Crippen molar-refractivity contribution in [3.05, 3.63) is 182 Å². The van der Waals surface area contributed by atoms with Crippen LogP contribution in [0.5, 0.6) is 0 Å². The van der Waals surface area contributed by atoms with Gasteiger partial charge in [0.2, 0.25) is 0 Å². The van der Waals surface area contributed by atoms with Crippen molar-refractivity contribution in [1.29, 1.82) is 0 Å². The second-order valence-electron chi connectivity index (χ2n) is 20.9. The van der Waals surface area contributed by atoms with Crippen molar-refractivity contribution in [2.24, 2.45) is 0 Å². The topological polar surface area (TPSA) is 78.9 Å². The number of carbonyl (C=O) groups is 3. The zero-order valence-electron chi connectivity index (χ0n) is 52.4. The normalized spacial score (nSPS) is 13.4. The van der Waals surface area contributed by atoms with Crippen molar-refractivity contribution >= 4 is 17.9 Å². The quantitative estimate of drug-likeness (QED) is 0.0261. The van der Waals surface area contributed by atoms with Crippen LogP contribution in [-0.2, 0) is 28.6 Å². The molecule has 458 valence electrons. The summed E-state index contributed by atoms with van der Waals surface area (Å²) in [6.45, 7) is 6.30. The molecule has 82 heavy (non-hydrogen) atoms. The first-order valence-electron chi connectivity index (χ1n) is 32.8. The van der Waals surface area contributed by atoms with E-state index in [1.807, 2.05) is 0 Å². The molecule has 1 atom stereocenters. The predicted octanol–water partition coefficient (Wildman–Crippen LogP) is 22.8. The van der Waals surface area contributed by atoms with E-state index in [-0.39, 0.29) is 37.5 Å². The lowest BCUT2D eigenvalue weighted by Crippen LogP contribution is -2.30. The summed E-state index contributed by atoms with van der Waals surface area (Å²) >= 11 is 0. The molecule has 6 nitrogen and oxygen atoms in total. The third-order valence-electron chi connectivity index (χ3n) is 13.2. The number of ether oxygens (including phenoxy) is 3. The number of unbranched alkanes of at least 4 members (excludes halogenated alkanes) is 16. The average Bonchev–Trinajstić information content (AvgIpc) is 3.47. The number of carbonyl (C=O) groups excluding carboxylic acids is 3. The molecule has 0 aliphatic carbocycles. The summed E-state index contributed by atoms with van der Waals surface area (Å²) in [6, 6.07) is 0. The van der Waals surface area contributed by atoms with Crippen LogP contribution < -0.4 is 0 Å². The van der Waals surface area contributed by atoms with E-state index in [0.717, 1.165) is 161 Å². The molecule has 0 aromatic rings. The summed E-state index contributed by atoms with van der Waals surface area (Å²) in [5.74, 6) is -0.961. The molecule has 0 radical (unpaired) electrons. The smallest absolute Gasteiger partial charge is 0.306 e. The lowest BCUT2D eigenvalue weighted by Gasteiger charge is -2.18. The number of hydrogen-bond acceptors (Lipinski definition) is 6. The van der Waals surface area contributed by atoms with E-state index in [9.17, 15) is 14.4 Å². The van der Waals surface area contributed by atoms with Gasteiger partial charge in [-0.3, -0.25) is 14.4 Å². The summed E-state index contributed by atoms with van der Waals surface area (Å²) in [4.78, 5) is 38.0. The highest BCUT2D eigenvalue weighted by Gasteiger charge is 2.19. The van der Waals surface area contributed by atoms with Gasteiger partial charge in [0.15, 0.2) is 6.10 Å². The minimum absolute atomic E-state index is 0.102. The number of hydrogen-bond donors (Lipinski definition) is 0. The molecule has 0 fully saturated rings.